The van der Waals surface area contributed by atoms with E-state index in [1.54, 1.807) is 11.8 Å². The number of anilines is 1. The first-order valence-electron chi connectivity index (χ1n) is 6.89. The lowest BCUT2D eigenvalue weighted by molar-refractivity contribution is 0.191. The van der Waals surface area contributed by atoms with Crippen LogP contribution in [0.3, 0.4) is 0 Å². The number of benzene rings is 2. The molecule has 0 amide bonds. The fourth-order valence-corrected chi connectivity index (χ4v) is 2.85. The van der Waals surface area contributed by atoms with E-state index in [-0.39, 0.29) is 0 Å². The van der Waals surface area contributed by atoms with E-state index in [1.165, 1.54) is 0 Å². The number of hydrogen-bond donors (Lipinski definition) is 2. The number of rotatable bonds is 6. The maximum atomic E-state index is 10.2. The Labute approximate surface area is 129 Å². The molecular formula is C17H18N2OS. The molecule has 2 rings (SSSR count). The van der Waals surface area contributed by atoms with Crippen LogP contribution in [0.15, 0.2) is 53.4 Å². The number of nitrogens with one attached hydrogen (secondary N) is 1. The molecule has 1 unspecified atom stereocenters. The molecule has 2 aromatic carbocycles. The van der Waals surface area contributed by atoms with Crippen molar-refractivity contribution in [3.8, 4) is 6.07 Å². The molecule has 0 aliphatic heterocycles. The molecule has 0 aliphatic rings. The molecule has 2 aromatic rings. The normalized spacial score (nSPS) is 11.7. The highest BCUT2D eigenvalue weighted by molar-refractivity contribution is 7.99. The van der Waals surface area contributed by atoms with Crippen molar-refractivity contribution in [3.63, 3.8) is 0 Å². The van der Waals surface area contributed by atoms with Crippen molar-refractivity contribution in [2.45, 2.75) is 17.9 Å². The number of aliphatic hydroxyl groups is 1. The zero-order chi connectivity index (χ0) is 15.1. The van der Waals surface area contributed by atoms with Gasteiger partial charge in [-0.05, 0) is 23.4 Å². The van der Waals surface area contributed by atoms with Gasteiger partial charge in [-0.2, -0.15) is 5.26 Å². The summed E-state index contributed by atoms with van der Waals surface area (Å²) in [6.07, 6.45) is -0.597. The molecule has 0 aromatic heterocycles. The van der Waals surface area contributed by atoms with E-state index in [9.17, 15) is 10.4 Å². The topological polar surface area (TPSA) is 56.0 Å². The molecule has 0 heterocycles. The van der Waals surface area contributed by atoms with Crippen LogP contribution >= 0.6 is 11.8 Å². The summed E-state index contributed by atoms with van der Waals surface area (Å²) in [7, 11) is 0. The number of nitrogens with zero attached hydrogens (tertiary/aromatic N) is 1. The van der Waals surface area contributed by atoms with Gasteiger partial charge in [-0.3, -0.25) is 0 Å². The predicted octanol–water partition coefficient (Wildman–Crippen LogP) is 3.82. The monoisotopic (exact) mass is 298 g/mol. The van der Waals surface area contributed by atoms with Gasteiger partial charge in [-0.25, -0.2) is 0 Å². The molecule has 0 bridgehead atoms. The van der Waals surface area contributed by atoms with Crippen molar-refractivity contribution in [2.24, 2.45) is 0 Å². The molecule has 0 spiro atoms. The van der Waals surface area contributed by atoms with Crippen LogP contribution in [0, 0.1) is 11.3 Å². The average Bonchev–Trinajstić information content (AvgIpc) is 2.54. The molecule has 4 heteroatoms. The lowest BCUT2D eigenvalue weighted by Crippen LogP contribution is -2.13. The van der Waals surface area contributed by atoms with Crippen LogP contribution in [0.5, 0.6) is 0 Å². The molecule has 0 aliphatic carbocycles. The Morgan fingerprint density at radius 2 is 1.95 bits per heavy atom. The van der Waals surface area contributed by atoms with Gasteiger partial charge in [-0.15, -0.1) is 11.8 Å². The van der Waals surface area contributed by atoms with Gasteiger partial charge in [0.05, 0.1) is 17.4 Å². The van der Waals surface area contributed by atoms with E-state index in [4.69, 9.17) is 0 Å². The first-order chi connectivity index (χ1) is 10.3. The number of aliphatic hydroxyl groups excluding tert-OH is 1. The van der Waals surface area contributed by atoms with Crippen LogP contribution in [0.4, 0.5) is 5.69 Å². The van der Waals surface area contributed by atoms with E-state index in [2.05, 4.69) is 18.3 Å². The Morgan fingerprint density at radius 3 is 2.62 bits per heavy atom. The van der Waals surface area contributed by atoms with Gasteiger partial charge in [0, 0.05) is 11.4 Å². The summed E-state index contributed by atoms with van der Waals surface area (Å²) in [6.45, 7) is 2.43. The van der Waals surface area contributed by atoms with Crippen molar-refractivity contribution in [3.05, 3.63) is 59.7 Å². The summed E-state index contributed by atoms with van der Waals surface area (Å²) in [5.41, 5.74) is 2.28. The minimum absolute atomic E-state index is 0.374. The highest BCUT2D eigenvalue weighted by Crippen LogP contribution is 2.28. The number of hydrogen-bond acceptors (Lipinski definition) is 4. The van der Waals surface area contributed by atoms with Crippen LogP contribution in [0.2, 0.25) is 0 Å². The molecule has 108 valence electrons. The third-order valence-corrected chi connectivity index (χ3v) is 4.05. The zero-order valence-electron chi connectivity index (χ0n) is 11.9. The Morgan fingerprint density at radius 1 is 1.19 bits per heavy atom. The Bertz CT molecular complexity index is 622. The standard InChI is InChI=1S/C17H18N2OS/c1-2-21-17-10-6-9-15(14(17)11-18)19-12-16(20)13-7-4-3-5-8-13/h3-10,16,19-20H,2,12H2,1H3. The minimum atomic E-state index is -0.597. The van der Waals surface area contributed by atoms with Gasteiger partial charge in [-0.1, -0.05) is 43.3 Å². The maximum absolute atomic E-state index is 10.2. The van der Waals surface area contributed by atoms with Gasteiger partial charge < -0.3 is 10.4 Å². The van der Waals surface area contributed by atoms with Gasteiger partial charge in [0.1, 0.15) is 6.07 Å². The van der Waals surface area contributed by atoms with Crippen LogP contribution in [-0.4, -0.2) is 17.4 Å². The molecule has 3 nitrogen and oxygen atoms in total. The Kier molecular flexibility index (Phi) is 5.68. The second kappa shape index (κ2) is 7.72. The van der Waals surface area contributed by atoms with Crippen LogP contribution in [-0.2, 0) is 0 Å². The summed E-state index contributed by atoms with van der Waals surface area (Å²) in [5.74, 6) is 0.921. The third-order valence-electron chi connectivity index (χ3n) is 3.11. The first-order valence-corrected chi connectivity index (χ1v) is 7.87. The average molecular weight is 298 g/mol. The highest BCUT2D eigenvalue weighted by atomic mass is 32.2. The smallest absolute Gasteiger partial charge is 0.102 e. The van der Waals surface area contributed by atoms with Crippen molar-refractivity contribution in [1.82, 2.24) is 0 Å². The van der Waals surface area contributed by atoms with Gasteiger partial charge >= 0.3 is 0 Å². The van der Waals surface area contributed by atoms with Gasteiger partial charge in [0.25, 0.3) is 0 Å². The van der Waals surface area contributed by atoms with Crippen molar-refractivity contribution >= 4 is 17.4 Å². The van der Waals surface area contributed by atoms with Crippen molar-refractivity contribution in [2.75, 3.05) is 17.6 Å². The van der Waals surface area contributed by atoms with E-state index in [1.807, 2.05) is 48.5 Å². The Balaban J connectivity index is 2.10. The quantitative estimate of drug-likeness (QED) is 0.796. The third kappa shape index (κ3) is 4.01. The SMILES string of the molecule is CCSc1cccc(NCC(O)c2ccccc2)c1C#N. The van der Waals surface area contributed by atoms with Gasteiger partial charge in [0.2, 0.25) is 0 Å². The lowest BCUT2D eigenvalue weighted by Gasteiger charge is -2.15. The molecule has 0 saturated heterocycles. The highest BCUT2D eigenvalue weighted by Gasteiger charge is 2.11. The maximum Gasteiger partial charge on any atom is 0.102 e. The minimum Gasteiger partial charge on any atom is -0.387 e. The number of nitriles is 1. The molecule has 21 heavy (non-hydrogen) atoms. The van der Waals surface area contributed by atoms with E-state index in [0.717, 1.165) is 21.9 Å². The second-order valence-corrected chi connectivity index (χ2v) is 5.84. The number of thioether (sulfide) groups is 1. The fourth-order valence-electron chi connectivity index (χ4n) is 2.07. The van der Waals surface area contributed by atoms with E-state index < -0.39 is 6.10 Å². The van der Waals surface area contributed by atoms with Crippen molar-refractivity contribution < 1.29 is 5.11 Å². The summed E-state index contributed by atoms with van der Waals surface area (Å²) in [6, 6.07) is 17.5. The van der Waals surface area contributed by atoms with Crippen molar-refractivity contribution in [1.29, 1.82) is 5.26 Å². The molecule has 1 atom stereocenters. The van der Waals surface area contributed by atoms with Gasteiger partial charge in [0.15, 0.2) is 0 Å². The largest absolute Gasteiger partial charge is 0.387 e. The van der Waals surface area contributed by atoms with Crippen LogP contribution in [0.1, 0.15) is 24.2 Å². The summed E-state index contributed by atoms with van der Waals surface area (Å²) >= 11 is 1.65. The lowest BCUT2D eigenvalue weighted by atomic mass is 10.1. The van der Waals surface area contributed by atoms with Crippen LogP contribution < -0.4 is 5.32 Å². The Hall–Kier alpha value is -1.96. The molecule has 0 radical (unpaired) electrons. The van der Waals surface area contributed by atoms with Crippen LogP contribution in [0.25, 0.3) is 0 Å². The summed E-state index contributed by atoms with van der Waals surface area (Å²) in [5, 5.41) is 22.7. The molecule has 0 saturated carbocycles. The van der Waals surface area contributed by atoms with E-state index in [0.29, 0.717) is 12.1 Å². The first kappa shape index (κ1) is 15.4. The molecular weight excluding hydrogens is 280 g/mol. The van der Waals surface area contributed by atoms with E-state index >= 15 is 0 Å². The predicted molar refractivity (Wildman–Crippen MR) is 87.4 cm³/mol. The molecule has 0 fully saturated rings. The zero-order valence-corrected chi connectivity index (χ0v) is 12.7. The summed E-state index contributed by atoms with van der Waals surface area (Å²) in [4.78, 5) is 0.971. The second-order valence-electron chi connectivity index (χ2n) is 4.53. The molecule has 2 N–H and O–H groups in total. The summed E-state index contributed by atoms with van der Waals surface area (Å²) < 4.78 is 0. The fraction of sp³-hybridized carbons (Fsp3) is 0.235.